The molecule has 1 aromatic heterocycles. The van der Waals surface area contributed by atoms with Gasteiger partial charge in [0.05, 0.1) is 61.0 Å². The molecule has 224 valence electrons. The summed E-state index contributed by atoms with van der Waals surface area (Å²) >= 11 is 6.53. The predicted octanol–water partition coefficient (Wildman–Crippen LogP) is 5.80. The Hall–Kier alpha value is -3.43. The maximum absolute atomic E-state index is 14.4. The van der Waals surface area contributed by atoms with Gasteiger partial charge in [-0.3, -0.25) is 14.4 Å². The lowest BCUT2D eigenvalue weighted by Gasteiger charge is -2.30. The minimum atomic E-state index is -1.10. The lowest BCUT2D eigenvalue weighted by atomic mass is 9.87. The van der Waals surface area contributed by atoms with Gasteiger partial charge in [-0.25, -0.2) is 4.39 Å². The summed E-state index contributed by atoms with van der Waals surface area (Å²) in [4.78, 5) is 39.7. The number of amides is 2. The highest BCUT2D eigenvalue weighted by Crippen LogP contribution is 2.30. The number of ether oxygens (including phenoxy) is 2. The number of aromatic nitrogens is 1. The van der Waals surface area contributed by atoms with Crippen LogP contribution in [0.15, 0.2) is 48.7 Å². The summed E-state index contributed by atoms with van der Waals surface area (Å²) in [5.74, 6) is -0.739. The molecule has 1 aliphatic heterocycles. The van der Waals surface area contributed by atoms with Crippen LogP contribution < -0.4 is 5.32 Å². The lowest BCUT2D eigenvalue weighted by molar-refractivity contribution is -0.148. The third-order valence-electron chi connectivity index (χ3n) is 8.43. The van der Waals surface area contributed by atoms with E-state index in [1.807, 2.05) is 42.0 Å². The van der Waals surface area contributed by atoms with E-state index in [0.717, 1.165) is 30.3 Å². The molecule has 0 spiro atoms. The van der Waals surface area contributed by atoms with Gasteiger partial charge in [-0.2, -0.15) is 0 Å². The molecule has 42 heavy (non-hydrogen) atoms. The van der Waals surface area contributed by atoms with Crippen LogP contribution in [-0.4, -0.2) is 65.8 Å². The highest BCUT2D eigenvalue weighted by Gasteiger charge is 2.36. The van der Waals surface area contributed by atoms with Crippen molar-refractivity contribution in [3.05, 3.63) is 64.8 Å². The number of fused-ring (bicyclic) bond motifs is 1. The number of nitrogens with zero attached hydrogens (tertiary/aromatic N) is 2. The molecule has 1 N–H and O–H groups in total. The van der Waals surface area contributed by atoms with Gasteiger partial charge in [0.15, 0.2) is 0 Å². The van der Waals surface area contributed by atoms with E-state index in [2.05, 4.69) is 5.32 Å². The monoisotopic (exact) mass is 597 g/mol. The Labute approximate surface area is 250 Å². The predicted molar refractivity (Wildman–Crippen MR) is 159 cm³/mol. The van der Waals surface area contributed by atoms with Crippen LogP contribution in [0.25, 0.3) is 10.9 Å². The number of carbonyl (C=O) groups is 3. The number of hydrogen-bond donors (Lipinski definition) is 1. The van der Waals surface area contributed by atoms with Crippen molar-refractivity contribution in [2.75, 3.05) is 25.6 Å². The molecule has 0 bridgehead atoms. The third-order valence-corrected chi connectivity index (χ3v) is 8.74. The number of para-hydroxylation sites is 1. The first kappa shape index (κ1) is 30.0. The van der Waals surface area contributed by atoms with E-state index in [4.69, 9.17) is 21.1 Å². The van der Waals surface area contributed by atoms with Crippen LogP contribution in [0, 0.1) is 5.92 Å². The Morgan fingerprint density at radius 1 is 1.10 bits per heavy atom. The van der Waals surface area contributed by atoms with Crippen LogP contribution in [0.1, 0.15) is 54.9 Å². The fraction of sp³-hybridized carbons (Fsp3) is 0.469. The molecular weight excluding hydrogens is 561 g/mol. The molecule has 2 aromatic carbocycles. The number of benzene rings is 2. The fourth-order valence-electron chi connectivity index (χ4n) is 6.13. The minimum Gasteiger partial charge on any atom is -0.469 e. The van der Waals surface area contributed by atoms with Crippen molar-refractivity contribution in [3.63, 3.8) is 0 Å². The number of aryl methyl sites for hydroxylation is 1. The van der Waals surface area contributed by atoms with Crippen molar-refractivity contribution in [3.8, 4) is 0 Å². The third kappa shape index (κ3) is 6.63. The quantitative estimate of drug-likeness (QED) is 0.315. The number of halogens is 2. The first-order valence-corrected chi connectivity index (χ1v) is 15.0. The van der Waals surface area contributed by atoms with Gasteiger partial charge in [0, 0.05) is 30.1 Å². The number of carbonyl (C=O) groups excluding carboxylic acids is 3. The number of alkyl halides is 1. The average molecular weight is 598 g/mol. The molecule has 0 unspecified atom stereocenters. The van der Waals surface area contributed by atoms with E-state index in [1.54, 1.807) is 23.1 Å². The molecule has 0 radical (unpaired) electrons. The van der Waals surface area contributed by atoms with E-state index >= 15 is 0 Å². The zero-order valence-corrected chi connectivity index (χ0v) is 24.7. The molecule has 2 aliphatic rings. The number of anilines is 1. The maximum Gasteiger partial charge on any atom is 0.308 e. The molecule has 2 fully saturated rings. The fourth-order valence-corrected chi connectivity index (χ4v) is 6.38. The topological polar surface area (TPSA) is 89.9 Å². The molecular formula is C32H37ClFN3O5. The summed E-state index contributed by atoms with van der Waals surface area (Å²) in [6, 6.07) is 12.5. The Bertz CT molecular complexity index is 1450. The smallest absolute Gasteiger partial charge is 0.308 e. The highest BCUT2D eigenvalue weighted by atomic mass is 35.5. The van der Waals surface area contributed by atoms with E-state index in [0.29, 0.717) is 34.7 Å². The second-order valence-corrected chi connectivity index (χ2v) is 11.6. The minimum absolute atomic E-state index is 0.0124. The first-order chi connectivity index (χ1) is 20.3. The zero-order chi connectivity index (χ0) is 29.8. The van der Waals surface area contributed by atoms with E-state index in [1.165, 1.54) is 7.11 Å². The standard InChI is InChI=1S/C32H37ClFN3O5/c1-3-36-18-26(25-6-4-5-7-29(25)36)31(39)35-28-13-8-20(14-27(28)33)15-30(38)37-17-22(34)16-23(37)19-42-24-11-9-21(10-12-24)32(40)41-2/h4-8,13-14,18,21-24H,3,9-12,15-17,19H2,1-2H3,(H,35,39)/t21?,22-,23-,24?/m0/s1. The van der Waals surface area contributed by atoms with Gasteiger partial charge in [-0.15, -0.1) is 0 Å². The van der Waals surface area contributed by atoms with Crippen molar-refractivity contribution >= 4 is 46.0 Å². The number of nitrogens with one attached hydrogen (secondary N) is 1. The second kappa shape index (κ2) is 13.3. The highest BCUT2D eigenvalue weighted by molar-refractivity contribution is 6.34. The number of rotatable bonds is 9. The SMILES string of the molecule is CCn1cc(C(=O)Nc2ccc(CC(=O)N3C[C@@H](F)C[C@H]3COC3CCC(C(=O)OC)CC3)cc2Cl)c2ccccc21. The van der Waals surface area contributed by atoms with Crippen LogP contribution in [0.5, 0.6) is 0 Å². The Morgan fingerprint density at radius 2 is 1.86 bits per heavy atom. The Balaban J connectivity index is 1.17. The molecule has 2 heterocycles. The van der Waals surface area contributed by atoms with E-state index < -0.39 is 6.17 Å². The number of hydrogen-bond acceptors (Lipinski definition) is 5. The molecule has 1 saturated carbocycles. The number of esters is 1. The van der Waals surface area contributed by atoms with Crippen molar-refractivity contribution in [1.29, 1.82) is 0 Å². The molecule has 5 rings (SSSR count). The maximum atomic E-state index is 14.4. The van der Waals surface area contributed by atoms with E-state index in [-0.39, 0.29) is 61.8 Å². The van der Waals surface area contributed by atoms with Crippen molar-refractivity contribution in [2.45, 2.75) is 70.3 Å². The summed E-state index contributed by atoms with van der Waals surface area (Å²) in [7, 11) is 1.40. The van der Waals surface area contributed by atoms with Crippen LogP contribution in [0.4, 0.5) is 10.1 Å². The van der Waals surface area contributed by atoms with Gasteiger partial charge >= 0.3 is 5.97 Å². The van der Waals surface area contributed by atoms with Crippen molar-refractivity contribution in [1.82, 2.24) is 9.47 Å². The average Bonchev–Trinajstić information content (AvgIpc) is 3.57. The Kier molecular flexibility index (Phi) is 9.48. The van der Waals surface area contributed by atoms with Crippen molar-refractivity contribution in [2.24, 2.45) is 5.92 Å². The largest absolute Gasteiger partial charge is 0.469 e. The summed E-state index contributed by atoms with van der Waals surface area (Å²) in [5.41, 5.74) is 2.66. The van der Waals surface area contributed by atoms with E-state index in [9.17, 15) is 18.8 Å². The molecule has 2 amide bonds. The van der Waals surface area contributed by atoms with Crippen LogP contribution in [-0.2, 0) is 32.0 Å². The summed E-state index contributed by atoms with van der Waals surface area (Å²) in [5, 5.41) is 4.07. The summed E-state index contributed by atoms with van der Waals surface area (Å²) < 4.78 is 27.3. The lowest BCUT2D eigenvalue weighted by Crippen LogP contribution is -2.40. The normalized spacial score (nSPS) is 22.3. The van der Waals surface area contributed by atoms with Gasteiger partial charge < -0.3 is 24.3 Å². The number of likely N-dealkylation sites (tertiary alicyclic amines) is 1. The van der Waals surface area contributed by atoms with Crippen molar-refractivity contribution < 1.29 is 28.2 Å². The molecule has 1 aliphatic carbocycles. The Morgan fingerprint density at radius 3 is 2.57 bits per heavy atom. The van der Waals surface area contributed by atoms with Crippen LogP contribution >= 0.6 is 11.6 Å². The summed E-state index contributed by atoms with van der Waals surface area (Å²) in [6.07, 6.45) is 3.91. The zero-order valence-electron chi connectivity index (χ0n) is 24.0. The van der Waals surface area contributed by atoms with Crippen LogP contribution in [0.2, 0.25) is 5.02 Å². The van der Waals surface area contributed by atoms with Gasteiger partial charge in [0.25, 0.3) is 5.91 Å². The molecule has 1 saturated heterocycles. The van der Waals surface area contributed by atoms with Gasteiger partial charge in [-0.05, 0) is 56.4 Å². The first-order valence-electron chi connectivity index (χ1n) is 14.6. The van der Waals surface area contributed by atoms with Crippen LogP contribution in [0.3, 0.4) is 0 Å². The van der Waals surface area contributed by atoms with Gasteiger partial charge in [0.1, 0.15) is 6.17 Å². The summed E-state index contributed by atoms with van der Waals surface area (Å²) in [6.45, 7) is 3.06. The molecule has 2 atom stereocenters. The molecule has 10 heteroatoms. The van der Waals surface area contributed by atoms with Gasteiger partial charge in [0.2, 0.25) is 5.91 Å². The van der Waals surface area contributed by atoms with Gasteiger partial charge in [-0.1, -0.05) is 35.9 Å². The number of methoxy groups -OCH3 is 1. The molecule has 8 nitrogen and oxygen atoms in total. The second-order valence-electron chi connectivity index (χ2n) is 11.2. The molecule has 3 aromatic rings.